The Morgan fingerprint density at radius 3 is 2.90 bits per heavy atom. The Morgan fingerprint density at radius 2 is 2.20 bits per heavy atom. The molecule has 0 radical (unpaired) electrons. The molecule has 0 saturated carbocycles. The summed E-state index contributed by atoms with van der Waals surface area (Å²) in [7, 11) is 1.62. The zero-order valence-electron chi connectivity index (χ0n) is 11.2. The molecule has 5 nitrogen and oxygen atoms in total. The lowest BCUT2D eigenvalue weighted by Gasteiger charge is -2.10. The molecule has 0 aliphatic rings. The molecule has 1 heterocycles. The second-order valence-electron chi connectivity index (χ2n) is 4.07. The maximum absolute atomic E-state index is 8.89. The fourth-order valence-electron chi connectivity index (χ4n) is 1.75. The molecule has 0 atom stereocenters. The fourth-order valence-corrected chi connectivity index (χ4v) is 2.77. The number of hydrogen-bond acceptors (Lipinski definition) is 5. The van der Waals surface area contributed by atoms with Crippen LogP contribution in [0.2, 0.25) is 0 Å². The first kappa shape index (κ1) is 14.2. The number of rotatable bonds is 4. The number of oxime groups is 1. The lowest BCUT2D eigenvalue weighted by Crippen LogP contribution is -2.16. The number of pyridine rings is 1. The van der Waals surface area contributed by atoms with Crippen molar-refractivity contribution in [2.24, 2.45) is 10.9 Å². The summed E-state index contributed by atoms with van der Waals surface area (Å²) < 4.78 is 5.19. The average Bonchev–Trinajstić information content (AvgIpc) is 2.47. The van der Waals surface area contributed by atoms with Gasteiger partial charge >= 0.3 is 0 Å². The number of ether oxygens (including phenoxy) is 1. The summed E-state index contributed by atoms with van der Waals surface area (Å²) in [6.45, 7) is 1.89. The van der Waals surface area contributed by atoms with Crippen LogP contribution >= 0.6 is 11.8 Å². The number of aromatic nitrogens is 1. The first-order valence-electron chi connectivity index (χ1n) is 5.91. The molecule has 104 valence electrons. The normalized spacial score (nSPS) is 11.4. The molecular weight excluding hydrogens is 274 g/mol. The predicted octanol–water partition coefficient (Wildman–Crippen LogP) is 2.64. The molecule has 0 spiro atoms. The van der Waals surface area contributed by atoms with Gasteiger partial charge in [-0.3, -0.25) is 0 Å². The smallest absolute Gasteiger partial charge is 0.173 e. The number of amidine groups is 1. The van der Waals surface area contributed by atoms with E-state index in [-0.39, 0.29) is 5.84 Å². The van der Waals surface area contributed by atoms with Crippen LogP contribution in [-0.4, -0.2) is 23.1 Å². The number of aryl methyl sites for hydroxylation is 1. The third kappa shape index (κ3) is 3.03. The summed E-state index contributed by atoms with van der Waals surface area (Å²) >= 11 is 1.44. The van der Waals surface area contributed by atoms with Gasteiger partial charge in [-0.15, -0.1) is 0 Å². The molecule has 0 unspecified atom stereocenters. The van der Waals surface area contributed by atoms with E-state index in [9.17, 15) is 0 Å². The Balaban J connectivity index is 2.40. The molecule has 6 heteroatoms. The summed E-state index contributed by atoms with van der Waals surface area (Å²) in [5.41, 5.74) is 7.27. The summed E-state index contributed by atoms with van der Waals surface area (Å²) in [4.78, 5) is 5.28. The molecule has 0 saturated heterocycles. The van der Waals surface area contributed by atoms with E-state index in [2.05, 4.69) is 10.1 Å². The summed E-state index contributed by atoms with van der Waals surface area (Å²) in [6.07, 6.45) is 1.70. The first-order valence-corrected chi connectivity index (χ1v) is 6.72. The molecule has 2 aromatic rings. The first-order chi connectivity index (χ1) is 9.65. The maximum atomic E-state index is 8.89. The SMILES string of the molecule is COc1cccc(Sc2nccc(C)c2/C(N)=N/O)c1. The van der Waals surface area contributed by atoms with Crippen molar-refractivity contribution in [3.05, 3.63) is 47.7 Å². The monoisotopic (exact) mass is 289 g/mol. The highest BCUT2D eigenvalue weighted by Gasteiger charge is 2.13. The van der Waals surface area contributed by atoms with Crippen molar-refractivity contribution >= 4 is 17.6 Å². The van der Waals surface area contributed by atoms with E-state index in [0.717, 1.165) is 16.2 Å². The Bertz CT molecular complexity index is 644. The van der Waals surface area contributed by atoms with Gasteiger partial charge in [0.2, 0.25) is 0 Å². The molecule has 1 aromatic carbocycles. The second-order valence-corrected chi connectivity index (χ2v) is 5.14. The molecule has 0 bridgehead atoms. The quantitative estimate of drug-likeness (QED) is 0.391. The lowest BCUT2D eigenvalue weighted by molar-refractivity contribution is 0.318. The van der Waals surface area contributed by atoms with Crippen LogP contribution in [0.3, 0.4) is 0 Å². The fraction of sp³-hybridized carbons (Fsp3) is 0.143. The molecule has 3 N–H and O–H groups in total. The van der Waals surface area contributed by atoms with Crippen molar-refractivity contribution < 1.29 is 9.94 Å². The minimum absolute atomic E-state index is 0.0565. The van der Waals surface area contributed by atoms with Crippen LogP contribution in [0.1, 0.15) is 11.1 Å². The van der Waals surface area contributed by atoms with Crippen molar-refractivity contribution in [1.29, 1.82) is 0 Å². The van der Waals surface area contributed by atoms with Crippen LogP contribution in [-0.2, 0) is 0 Å². The third-order valence-electron chi connectivity index (χ3n) is 2.74. The Hall–Kier alpha value is -2.21. The summed E-state index contributed by atoms with van der Waals surface area (Å²) in [6, 6.07) is 9.46. The number of methoxy groups -OCH3 is 1. The highest BCUT2D eigenvalue weighted by molar-refractivity contribution is 7.99. The van der Waals surface area contributed by atoms with Gasteiger partial charge in [0, 0.05) is 11.1 Å². The predicted molar refractivity (Wildman–Crippen MR) is 78.6 cm³/mol. The Labute approximate surface area is 121 Å². The van der Waals surface area contributed by atoms with Crippen LogP contribution in [0.15, 0.2) is 51.6 Å². The number of nitrogens with zero attached hydrogens (tertiary/aromatic N) is 2. The van der Waals surface area contributed by atoms with Crippen molar-refractivity contribution in [3.63, 3.8) is 0 Å². The van der Waals surface area contributed by atoms with Gasteiger partial charge in [0.05, 0.1) is 12.7 Å². The van der Waals surface area contributed by atoms with Gasteiger partial charge in [-0.1, -0.05) is 23.0 Å². The maximum Gasteiger partial charge on any atom is 0.173 e. The van der Waals surface area contributed by atoms with Gasteiger partial charge < -0.3 is 15.7 Å². The molecule has 2 rings (SSSR count). The van der Waals surface area contributed by atoms with Crippen molar-refractivity contribution in [2.45, 2.75) is 16.8 Å². The minimum Gasteiger partial charge on any atom is -0.497 e. The van der Waals surface area contributed by atoms with Gasteiger partial charge in [0.15, 0.2) is 5.84 Å². The highest BCUT2D eigenvalue weighted by atomic mass is 32.2. The molecule has 0 fully saturated rings. The molecular formula is C14H15N3O2S. The van der Waals surface area contributed by atoms with E-state index < -0.39 is 0 Å². The molecule has 0 aliphatic carbocycles. The van der Waals surface area contributed by atoms with Crippen LogP contribution in [0, 0.1) is 6.92 Å². The van der Waals surface area contributed by atoms with E-state index in [1.807, 2.05) is 37.3 Å². The van der Waals surface area contributed by atoms with E-state index in [0.29, 0.717) is 10.6 Å². The van der Waals surface area contributed by atoms with Crippen molar-refractivity contribution in [2.75, 3.05) is 7.11 Å². The molecule has 0 amide bonds. The zero-order valence-corrected chi connectivity index (χ0v) is 12.0. The van der Waals surface area contributed by atoms with Crippen LogP contribution < -0.4 is 10.5 Å². The summed E-state index contributed by atoms with van der Waals surface area (Å²) in [5.74, 6) is 0.828. The number of hydrogen-bond donors (Lipinski definition) is 2. The lowest BCUT2D eigenvalue weighted by atomic mass is 10.1. The molecule has 20 heavy (non-hydrogen) atoms. The van der Waals surface area contributed by atoms with Crippen molar-refractivity contribution in [1.82, 2.24) is 4.98 Å². The van der Waals surface area contributed by atoms with Gasteiger partial charge in [-0.05, 0) is 36.8 Å². The minimum atomic E-state index is 0.0565. The van der Waals surface area contributed by atoms with Crippen molar-refractivity contribution in [3.8, 4) is 5.75 Å². The zero-order chi connectivity index (χ0) is 14.5. The van der Waals surface area contributed by atoms with E-state index in [1.54, 1.807) is 13.3 Å². The Kier molecular flexibility index (Phi) is 4.47. The summed E-state index contributed by atoms with van der Waals surface area (Å²) in [5, 5.41) is 12.7. The standard InChI is InChI=1S/C14H15N3O2S/c1-9-6-7-16-14(12(9)13(15)17-18)20-11-5-3-4-10(8-11)19-2/h3-8,18H,1-2H3,(H2,15,17). The third-order valence-corrected chi connectivity index (χ3v) is 3.74. The van der Waals surface area contributed by atoms with Crippen LogP contribution in [0.4, 0.5) is 0 Å². The van der Waals surface area contributed by atoms with Gasteiger partial charge in [0.25, 0.3) is 0 Å². The van der Waals surface area contributed by atoms with Gasteiger partial charge in [-0.2, -0.15) is 0 Å². The number of nitrogens with two attached hydrogens (primary N) is 1. The van der Waals surface area contributed by atoms with Crippen LogP contribution in [0.5, 0.6) is 5.75 Å². The van der Waals surface area contributed by atoms with Gasteiger partial charge in [0.1, 0.15) is 10.8 Å². The number of benzene rings is 1. The van der Waals surface area contributed by atoms with E-state index >= 15 is 0 Å². The largest absolute Gasteiger partial charge is 0.497 e. The van der Waals surface area contributed by atoms with Crippen LogP contribution in [0.25, 0.3) is 0 Å². The van der Waals surface area contributed by atoms with E-state index in [4.69, 9.17) is 15.7 Å². The average molecular weight is 289 g/mol. The van der Waals surface area contributed by atoms with Gasteiger partial charge in [-0.25, -0.2) is 4.98 Å². The second kappa shape index (κ2) is 6.29. The molecule has 1 aromatic heterocycles. The van der Waals surface area contributed by atoms with E-state index in [1.165, 1.54) is 11.8 Å². The Morgan fingerprint density at radius 1 is 1.40 bits per heavy atom. The topological polar surface area (TPSA) is 80.7 Å². The molecule has 0 aliphatic heterocycles. The highest BCUT2D eigenvalue weighted by Crippen LogP contribution is 2.31.